The van der Waals surface area contributed by atoms with Gasteiger partial charge in [-0.2, -0.15) is 0 Å². The van der Waals surface area contributed by atoms with Crippen LogP contribution >= 0.6 is 11.3 Å². The van der Waals surface area contributed by atoms with Crippen molar-refractivity contribution >= 4 is 22.4 Å². The van der Waals surface area contributed by atoms with E-state index in [2.05, 4.69) is 10.3 Å². The van der Waals surface area contributed by atoms with E-state index in [1.165, 1.54) is 5.38 Å². The lowest BCUT2D eigenvalue weighted by molar-refractivity contribution is 0.0935. The van der Waals surface area contributed by atoms with Crippen LogP contribution in [0.3, 0.4) is 0 Å². The number of carbonyl (C=O) groups is 1. The van der Waals surface area contributed by atoms with Crippen LogP contribution in [0.5, 0.6) is 0 Å². The number of nitrogens with one attached hydrogen (secondary N) is 1. The molecule has 1 atom stereocenters. The first-order chi connectivity index (χ1) is 8.97. The molecule has 0 aliphatic rings. The van der Waals surface area contributed by atoms with Gasteiger partial charge in [0.05, 0.1) is 6.04 Å². The largest absolute Gasteiger partial charge is 0.375 e. The molecule has 2 rings (SSSR count). The number of benzene rings is 1. The van der Waals surface area contributed by atoms with Crippen LogP contribution < -0.4 is 11.1 Å². The molecular formula is C12H11F2N3OS. The number of carbonyl (C=O) groups excluding carboxylic acids is 1. The summed E-state index contributed by atoms with van der Waals surface area (Å²) < 4.78 is 26.6. The Hall–Kier alpha value is -2.02. The summed E-state index contributed by atoms with van der Waals surface area (Å²) in [5.41, 5.74) is 5.66. The molecule has 100 valence electrons. The van der Waals surface area contributed by atoms with Crippen molar-refractivity contribution in [2.75, 3.05) is 5.73 Å². The SMILES string of the molecule is CC(NC(=O)c1csc(N)n1)c1cc(F)ccc1F. The van der Waals surface area contributed by atoms with Crippen molar-refractivity contribution in [3.05, 3.63) is 46.5 Å². The molecule has 1 heterocycles. The predicted molar refractivity (Wildman–Crippen MR) is 68.8 cm³/mol. The summed E-state index contributed by atoms with van der Waals surface area (Å²) in [5.74, 6) is -1.62. The number of halogens is 2. The van der Waals surface area contributed by atoms with Crippen molar-refractivity contribution in [2.45, 2.75) is 13.0 Å². The maximum atomic E-state index is 13.5. The summed E-state index contributed by atoms with van der Waals surface area (Å²) in [6.45, 7) is 1.56. The average Bonchev–Trinajstić information content (AvgIpc) is 2.79. The predicted octanol–water partition coefficient (Wildman–Crippen LogP) is 2.49. The molecular weight excluding hydrogens is 272 g/mol. The molecule has 3 N–H and O–H groups in total. The summed E-state index contributed by atoms with van der Waals surface area (Å²) in [7, 11) is 0. The second-order valence-electron chi connectivity index (χ2n) is 3.93. The molecule has 1 unspecified atom stereocenters. The van der Waals surface area contributed by atoms with E-state index in [0.29, 0.717) is 0 Å². The first kappa shape index (κ1) is 13.4. The molecule has 0 saturated carbocycles. The molecule has 0 radical (unpaired) electrons. The smallest absolute Gasteiger partial charge is 0.271 e. The maximum absolute atomic E-state index is 13.5. The number of thiazole rings is 1. The van der Waals surface area contributed by atoms with Crippen molar-refractivity contribution in [3.8, 4) is 0 Å². The number of nitrogens with two attached hydrogens (primary N) is 1. The van der Waals surface area contributed by atoms with E-state index in [-0.39, 0.29) is 16.4 Å². The van der Waals surface area contributed by atoms with E-state index in [9.17, 15) is 13.6 Å². The lowest BCUT2D eigenvalue weighted by atomic mass is 10.1. The second kappa shape index (κ2) is 5.31. The van der Waals surface area contributed by atoms with E-state index in [0.717, 1.165) is 29.5 Å². The highest BCUT2D eigenvalue weighted by molar-refractivity contribution is 7.13. The third-order valence-corrected chi connectivity index (χ3v) is 3.20. The minimum absolute atomic E-state index is 0.0801. The molecule has 0 saturated heterocycles. The number of anilines is 1. The molecule has 2 aromatic rings. The van der Waals surface area contributed by atoms with Crippen LogP contribution in [0.25, 0.3) is 0 Å². The van der Waals surface area contributed by atoms with Crippen LogP contribution in [-0.4, -0.2) is 10.9 Å². The molecule has 1 aromatic heterocycles. The highest BCUT2D eigenvalue weighted by Crippen LogP contribution is 2.19. The monoisotopic (exact) mass is 283 g/mol. The molecule has 0 aliphatic heterocycles. The van der Waals surface area contributed by atoms with Crippen molar-refractivity contribution in [1.82, 2.24) is 10.3 Å². The minimum atomic E-state index is -0.675. The molecule has 0 aliphatic carbocycles. The molecule has 1 amide bonds. The first-order valence-corrected chi connectivity index (χ1v) is 6.32. The van der Waals surface area contributed by atoms with Gasteiger partial charge in [0.15, 0.2) is 5.13 Å². The normalized spacial score (nSPS) is 12.2. The molecule has 4 nitrogen and oxygen atoms in total. The van der Waals surface area contributed by atoms with E-state index in [1.807, 2.05) is 0 Å². The highest BCUT2D eigenvalue weighted by atomic mass is 32.1. The summed E-state index contributed by atoms with van der Waals surface area (Å²) in [6.07, 6.45) is 0. The third kappa shape index (κ3) is 3.05. The standard InChI is InChI=1S/C12H11F2N3OS/c1-6(8-4-7(13)2-3-9(8)14)16-11(18)10-5-19-12(15)17-10/h2-6H,1H3,(H2,15,17)(H,16,18). The number of hydrogen-bond donors (Lipinski definition) is 2. The van der Waals surface area contributed by atoms with Crippen molar-refractivity contribution < 1.29 is 13.6 Å². The highest BCUT2D eigenvalue weighted by Gasteiger charge is 2.17. The topological polar surface area (TPSA) is 68.0 Å². The number of amides is 1. The zero-order valence-electron chi connectivity index (χ0n) is 9.98. The van der Waals surface area contributed by atoms with Gasteiger partial charge >= 0.3 is 0 Å². The molecule has 0 bridgehead atoms. The summed E-state index contributed by atoms with van der Waals surface area (Å²) >= 11 is 1.13. The fourth-order valence-corrected chi connectivity index (χ4v) is 2.13. The maximum Gasteiger partial charge on any atom is 0.271 e. The fraction of sp³-hybridized carbons (Fsp3) is 0.167. The van der Waals surface area contributed by atoms with Gasteiger partial charge in [-0.3, -0.25) is 4.79 Å². The van der Waals surface area contributed by atoms with E-state index < -0.39 is 23.6 Å². The van der Waals surface area contributed by atoms with Gasteiger partial charge in [0.2, 0.25) is 0 Å². The van der Waals surface area contributed by atoms with Gasteiger partial charge in [0.25, 0.3) is 5.91 Å². The lowest BCUT2D eigenvalue weighted by Gasteiger charge is -2.14. The van der Waals surface area contributed by atoms with E-state index in [4.69, 9.17) is 5.73 Å². The van der Waals surface area contributed by atoms with Crippen molar-refractivity contribution in [3.63, 3.8) is 0 Å². The van der Waals surface area contributed by atoms with Crippen molar-refractivity contribution in [1.29, 1.82) is 0 Å². The number of hydrogen-bond acceptors (Lipinski definition) is 4. The number of nitrogens with zero attached hydrogens (tertiary/aromatic N) is 1. The Morgan fingerprint density at radius 2 is 2.21 bits per heavy atom. The van der Waals surface area contributed by atoms with Gasteiger partial charge in [-0.05, 0) is 25.1 Å². The Bertz CT molecular complexity index is 615. The summed E-state index contributed by atoms with van der Waals surface area (Å²) in [5, 5.41) is 4.31. The molecule has 1 aromatic carbocycles. The number of aromatic nitrogens is 1. The van der Waals surface area contributed by atoms with Crippen molar-refractivity contribution in [2.24, 2.45) is 0 Å². The third-order valence-electron chi connectivity index (χ3n) is 2.53. The zero-order chi connectivity index (χ0) is 14.0. The van der Waals surface area contributed by atoms with Crippen LogP contribution in [0.2, 0.25) is 0 Å². The Labute approximate surface area is 112 Å². The average molecular weight is 283 g/mol. The van der Waals surface area contributed by atoms with Crippen LogP contribution in [0.4, 0.5) is 13.9 Å². The first-order valence-electron chi connectivity index (χ1n) is 5.44. The van der Waals surface area contributed by atoms with E-state index in [1.54, 1.807) is 6.92 Å². The molecule has 0 fully saturated rings. The molecule has 19 heavy (non-hydrogen) atoms. The van der Waals surface area contributed by atoms with Crippen LogP contribution in [-0.2, 0) is 0 Å². The number of nitrogen functional groups attached to an aromatic ring is 1. The van der Waals surface area contributed by atoms with Gasteiger partial charge in [0, 0.05) is 10.9 Å². The summed E-state index contributed by atoms with van der Waals surface area (Å²) in [4.78, 5) is 15.6. The Balaban J connectivity index is 2.14. The second-order valence-corrected chi connectivity index (χ2v) is 4.82. The minimum Gasteiger partial charge on any atom is -0.375 e. The van der Waals surface area contributed by atoms with Gasteiger partial charge in [-0.25, -0.2) is 13.8 Å². The van der Waals surface area contributed by atoms with Gasteiger partial charge in [-0.1, -0.05) is 0 Å². The summed E-state index contributed by atoms with van der Waals surface area (Å²) in [6, 6.07) is 2.42. The number of rotatable bonds is 3. The van der Waals surface area contributed by atoms with Crippen LogP contribution in [0.15, 0.2) is 23.6 Å². The van der Waals surface area contributed by atoms with Crippen LogP contribution in [0, 0.1) is 11.6 Å². The Kier molecular flexibility index (Phi) is 3.75. The quantitative estimate of drug-likeness (QED) is 0.909. The molecule has 7 heteroatoms. The fourth-order valence-electron chi connectivity index (χ4n) is 1.59. The molecule has 0 spiro atoms. The van der Waals surface area contributed by atoms with Gasteiger partial charge in [-0.15, -0.1) is 11.3 Å². The lowest BCUT2D eigenvalue weighted by Crippen LogP contribution is -2.27. The zero-order valence-corrected chi connectivity index (χ0v) is 10.8. The van der Waals surface area contributed by atoms with E-state index >= 15 is 0 Å². The van der Waals surface area contributed by atoms with Crippen LogP contribution in [0.1, 0.15) is 29.0 Å². The Morgan fingerprint density at radius 1 is 1.47 bits per heavy atom. The van der Waals surface area contributed by atoms with Gasteiger partial charge in [0.1, 0.15) is 17.3 Å². The van der Waals surface area contributed by atoms with Gasteiger partial charge < -0.3 is 11.1 Å². The Morgan fingerprint density at radius 3 is 2.84 bits per heavy atom.